The molecule has 0 spiro atoms. The predicted octanol–water partition coefficient (Wildman–Crippen LogP) is 4.58. The summed E-state index contributed by atoms with van der Waals surface area (Å²) in [6.45, 7) is 2.56. The fraction of sp³-hybridized carbons (Fsp3) is 0.200. The van der Waals surface area contributed by atoms with E-state index < -0.39 is 0 Å². The molecule has 150 valence electrons. The van der Waals surface area contributed by atoms with Gasteiger partial charge in [-0.25, -0.2) is 4.39 Å². The molecule has 0 atom stereocenters. The first-order chi connectivity index (χ1) is 14.5. The van der Waals surface area contributed by atoms with Crippen LogP contribution in [0.5, 0.6) is 0 Å². The molecule has 4 nitrogen and oxygen atoms in total. The number of para-hydroxylation sites is 2. The van der Waals surface area contributed by atoms with Crippen molar-refractivity contribution in [1.82, 2.24) is 4.57 Å². The van der Waals surface area contributed by atoms with E-state index in [2.05, 4.69) is 0 Å². The Kier molecular flexibility index (Phi) is 4.39. The third-order valence-electron chi connectivity index (χ3n) is 5.92. The molecule has 5 heteroatoms. The predicted molar refractivity (Wildman–Crippen MR) is 118 cm³/mol. The van der Waals surface area contributed by atoms with E-state index in [9.17, 15) is 14.0 Å². The molecule has 5 rings (SSSR count). The van der Waals surface area contributed by atoms with Crippen molar-refractivity contribution in [1.29, 1.82) is 0 Å². The van der Waals surface area contributed by atoms with Crippen molar-refractivity contribution in [3.8, 4) is 0 Å². The van der Waals surface area contributed by atoms with Gasteiger partial charge in [0.05, 0.1) is 11.0 Å². The highest BCUT2D eigenvalue weighted by Crippen LogP contribution is 2.32. The molecule has 1 aromatic heterocycles. The highest BCUT2D eigenvalue weighted by Gasteiger charge is 2.26. The largest absolute Gasteiger partial charge is 0.331 e. The van der Waals surface area contributed by atoms with Crippen LogP contribution in [-0.2, 0) is 17.8 Å². The number of carbonyl (C=O) groups is 1. The van der Waals surface area contributed by atoms with Gasteiger partial charge < -0.3 is 9.47 Å². The molecule has 0 N–H and O–H groups in total. The molecule has 30 heavy (non-hydrogen) atoms. The summed E-state index contributed by atoms with van der Waals surface area (Å²) in [5.74, 6) is -0.331. The molecule has 2 heterocycles. The summed E-state index contributed by atoms with van der Waals surface area (Å²) in [7, 11) is 0. The lowest BCUT2D eigenvalue weighted by atomic mass is 9.98. The summed E-state index contributed by atoms with van der Waals surface area (Å²) in [6, 6.07) is 17.8. The van der Waals surface area contributed by atoms with Crippen molar-refractivity contribution < 1.29 is 9.18 Å². The average molecular weight is 400 g/mol. The first-order valence-electron chi connectivity index (χ1n) is 10.1. The summed E-state index contributed by atoms with van der Waals surface area (Å²) in [5.41, 5.74) is 3.92. The smallest absolute Gasteiger partial charge is 0.246 e. The second kappa shape index (κ2) is 7.10. The van der Waals surface area contributed by atoms with Crippen molar-refractivity contribution in [2.75, 3.05) is 11.4 Å². The molecule has 1 aliphatic rings. The Labute approximate surface area is 173 Å². The number of benzene rings is 3. The van der Waals surface area contributed by atoms with E-state index in [0.29, 0.717) is 17.3 Å². The maximum absolute atomic E-state index is 13.9. The van der Waals surface area contributed by atoms with Crippen molar-refractivity contribution in [2.24, 2.45) is 0 Å². The van der Waals surface area contributed by atoms with E-state index >= 15 is 0 Å². The van der Waals surface area contributed by atoms with Gasteiger partial charge in [0.2, 0.25) is 5.91 Å². The summed E-state index contributed by atoms with van der Waals surface area (Å²) < 4.78 is 15.8. The minimum Gasteiger partial charge on any atom is -0.331 e. The van der Waals surface area contributed by atoms with Gasteiger partial charge >= 0.3 is 0 Å². The van der Waals surface area contributed by atoms with E-state index in [1.807, 2.05) is 47.9 Å². The number of carbonyl (C=O) groups excluding carboxylic acids is 1. The molecule has 0 fully saturated rings. The zero-order chi connectivity index (χ0) is 20.8. The fourth-order valence-electron chi connectivity index (χ4n) is 4.64. The topological polar surface area (TPSA) is 42.3 Å². The second-order valence-corrected chi connectivity index (χ2v) is 7.83. The Bertz CT molecular complexity index is 1310. The van der Waals surface area contributed by atoms with Crippen LogP contribution in [0.1, 0.15) is 17.5 Å². The minimum atomic E-state index is -0.266. The SMILES string of the molecule is Cc1cc(F)cc2c1N(C(=O)Cn1c3ccccc3c(=O)c3ccccc31)CCC2. The number of hydrogen-bond acceptors (Lipinski definition) is 2. The van der Waals surface area contributed by atoms with Crippen LogP contribution >= 0.6 is 0 Å². The van der Waals surface area contributed by atoms with E-state index in [1.54, 1.807) is 17.0 Å². The molecule has 0 unspecified atom stereocenters. The van der Waals surface area contributed by atoms with Crippen LogP contribution in [0, 0.1) is 12.7 Å². The highest BCUT2D eigenvalue weighted by molar-refractivity contribution is 5.99. The van der Waals surface area contributed by atoms with Crippen LogP contribution in [0.25, 0.3) is 21.8 Å². The van der Waals surface area contributed by atoms with Crippen LogP contribution in [0.2, 0.25) is 0 Å². The number of amides is 1. The number of halogens is 1. The molecular formula is C25H21FN2O2. The van der Waals surface area contributed by atoms with Gasteiger partial charge in [-0.2, -0.15) is 0 Å². The molecule has 3 aromatic carbocycles. The average Bonchev–Trinajstić information content (AvgIpc) is 2.76. The molecule has 1 amide bonds. The maximum atomic E-state index is 13.9. The zero-order valence-electron chi connectivity index (χ0n) is 16.7. The van der Waals surface area contributed by atoms with Crippen molar-refractivity contribution in [2.45, 2.75) is 26.3 Å². The quantitative estimate of drug-likeness (QED) is 0.462. The Morgan fingerprint density at radius 1 is 1.00 bits per heavy atom. The van der Waals surface area contributed by atoms with Crippen molar-refractivity contribution in [3.63, 3.8) is 0 Å². The molecular weight excluding hydrogens is 379 g/mol. The van der Waals surface area contributed by atoms with Gasteiger partial charge in [-0.3, -0.25) is 9.59 Å². The standard InChI is InChI=1S/C25H21FN2O2/c1-16-13-18(26)14-17-7-6-12-27(24(16)17)23(29)15-28-21-10-4-2-8-19(21)25(30)20-9-3-5-11-22(20)28/h2-5,8-11,13-14H,6-7,12,15H2,1H3. The number of fused-ring (bicyclic) bond motifs is 3. The molecule has 0 saturated carbocycles. The molecule has 4 aromatic rings. The lowest BCUT2D eigenvalue weighted by Crippen LogP contribution is -2.38. The number of anilines is 1. The minimum absolute atomic E-state index is 0.0282. The maximum Gasteiger partial charge on any atom is 0.246 e. The Balaban J connectivity index is 1.65. The number of hydrogen-bond donors (Lipinski definition) is 0. The summed E-state index contributed by atoms with van der Waals surface area (Å²) >= 11 is 0. The molecule has 0 saturated heterocycles. The van der Waals surface area contributed by atoms with Gasteiger partial charge in [-0.15, -0.1) is 0 Å². The first kappa shape index (κ1) is 18.6. The Morgan fingerprint density at radius 2 is 1.63 bits per heavy atom. The number of pyridine rings is 1. The van der Waals surface area contributed by atoms with Crippen molar-refractivity contribution >= 4 is 33.4 Å². The van der Waals surface area contributed by atoms with Crippen LogP contribution in [0.3, 0.4) is 0 Å². The fourth-order valence-corrected chi connectivity index (χ4v) is 4.64. The zero-order valence-corrected chi connectivity index (χ0v) is 16.7. The lowest BCUT2D eigenvalue weighted by Gasteiger charge is -2.32. The summed E-state index contributed by atoms with van der Waals surface area (Å²) in [4.78, 5) is 28.2. The number of rotatable bonds is 2. The van der Waals surface area contributed by atoms with Crippen LogP contribution < -0.4 is 10.3 Å². The van der Waals surface area contributed by atoms with Crippen molar-refractivity contribution in [3.05, 3.63) is 87.8 Å². The second-order valence-electron chi connectivity index (χ2n) is 7.83. The van der Waals surface area contributed by atoms with Gasteiger partial charge in [0.15, 0.2) is 5.43 Å². The normalized spacial score (nSPS) is 13.6. The van der Waals surface area contributed by atoms with Gasteiger partial charge in [0.1, 0.15) is 12.4 Å². The first-order valence-corrected chi connectivity index (χ1v) is 10.1. The molecule has 1 aliphatic heterocycles. The Hall–Kier alpha value is -3.47. The van der Waals surface area contributed by atoms with E-state index in [-0.39, 0.29) is 23.7 Å². The highest BCUT2D eigenvalue weighted by atomic mass is 19.1. The third kappa shape index (κ3) is 2.89. The van der Waals surface area contributed by atoms with Gasteiger partial charge in [-0.05, 0) is 67.3 Å². The van der Waals surface area contributed by atoms with E-state index in [0.717, 1.165) is 40.7 Å². The number of aromatic nitrogens is 1. The van der Waals surface area contributed by atoms with Gasteiger partial charge in [0, 0.05) is 23.0 Å². The van der Waals surface area contributed by atoms with Crippen LogP contribution in [-0.4, -0.2) is 17.0 Å². The van der Waals surface area contributed by atoms with E-state index in [4.69, 9.17) is 0 Å². The summed E-state index contributed by atoms with van der Waals surface area (Å²) in [5, 5.41) is 1.20. The van der Waals surface area contributed by atoms with Gasteiger partial charge in [0.25, 0.3) is 0 Å². The molecule has 0 aliphatic carbocycles. The van der Waals surface area contributed by atoms with Crippen LogP contribution in [0.4, 0.5) is 10.1 Å². The van der Waals surface area contributed by atoms with Gasteiger partial charge in [-0.1, -0.05) is 24.3 Å². The molecule has 0 bridgehead atoms. The Morgan fingerprint density at radius 3 is 2.30 bits per heavy atom. The molecule has 0 radical (unpaired) electrons. The lowest BCUT2D eigenvalue weighted by molar-refractivity contribution is -0.119. The summed E-state index contributed by atoms with van der Waals surface area (Å²) in [6.07, 6.45) is 1.56. The van der Waals surface area contributed by atoms with E-state index in [1.165, 1.54) is 12.1 Å². The number of nitrogens with zero attached hydrogens (tertiary/aromatic N) is 2. The number of aryl methyl sites for hydroxylation is 2. The van der Waals surface area contributed by atoms with Crippen LogP contribution in [0.15, 0.2) is 65.5 Å². The monoisotopic (exact) mass is 400 g/mol. The third-order valence-corrected chi connectivity index (χ3v) is 5.92.